The molecule has 2 N–H and O–H groups in total. The average molecular weight is 259 g/mol. The van der Waals surface area contributed by atoms with Crippen molar-refractivity contribution in [1.29, 1.82) is 0 Å². The van der Waals surface area contributed by atoms with E-state index in [2.05, 4.69) is 0 Å². The summed E-state index contributed by atoms with van der Waals surface area (Å²) in [5.41, 5.74) is 8.24. The lowest BCUT2D eigenvalue weighted by Crippen LogP contribution is -2.08. The number of aryl methyl sites for hydroxylation is 2. The van der Waals surface area contributed by atoms with Gasteiger partial charge < -0.3 is 10.5 Å². The summed E-state index contributed by atoms with van der Waals surface area (Å²) >= 11 is 0. The molecule has 0 aromatic heterocycles. The highest BCUT2D eigenvalue weighted by Gasteiger charge is 2.12. The van der Waals surface area contributed by atoms with Crippen LogP contribution in [0, 0.1) is 19.7 Å². The molecule has 3 heteroatoms. The number of ether oxygens (including phenoxy) is 1. The highest BCUT2D eigenvalue weighted by molar-refractivity contribution is 5.43. The summed E-state index contributed by atoms with van der Waals surface area (Å²) in [6.45, 7) is 5.54. The lowest BCUT2D eigenvalue weighted by Gasteiger charge is -2.15. The van der Waals surface area contributed by atoms with Crippen LogP contribution in [0.4, 0.5) is 4.39 Å². The second kappa shape index (κ2) is 5.41. The third kappa shape index (κ3) is 3.12. The zero-order valence-corrected chi connectivity index (χ0v) is 11.4. The Morgan fingerprint density at radius 1 is 1.11 bits per heavy atom. The van der Waals surface area contributed by atoms with E-state index < -0.39 is 0 Å². The molecular weight excluding hydrogens is 241 g/mol. The fraction of sp³-hybridized carbons (Fsp3) is 0.250. The second-order valence-electron chi connectivity index (χ2n) is 4.84. The molecule has 2 aromatic carbocycles. The molecule has 2 rings (SSSR count). The van der Waals surface area contributed by atoms with Gasteiger partial charge in [0, 0.05) is 11.6 Å². The monoisotopic (exact) mass is 259 g/mol. The van der Waals surface area contributed by atoms with Crippen molar-refractivity contribution in [3.63, 3.8) is 0 Å². The van der Waals surface area contributed by atoms with Gasteiger partial charge in [-0.2, -0.15) is 0 Å². The Morgan fingerprint density at radius 3 is 2.32 bits per heavy atom. The Hall–Kier alpha value is -1.87. The molecule has 2 nitrogen and oxygen atoms in total. The van der Waals surface area contributed by atoms with E-state index in [1.165, 1.54) is 6.07 Å². The molecule has 0 bridgehead atoms. The van der Waals surface area contributed by atoms with Gasteiger partial charge in [0.15, 0.2) is 0 Å². The van der Waals surface area contributed by atoms with E-state index in [-0.39, 0.29) is 11.9 Å². The van der Waals surface area contributed by atoms with Crippen molar-refractivity contribution in [3.8, 4) is 11.5 Å². The van der Waals surface area contributed by atoms with Crippen LogP contribution in [0.1, 0.15) is 29.7 Å². The number of hydrogen-bond acceptors (Lipinski definition) is 2. The number of nitrogens with two attached hydrogens (primary N) is 1. The Kier molecular flexibility index (Phi) is 3.86. The van der Waals surface area contributed by atoms with E-state index >= 15 is 0 Å². The molecule has 0 fully saturated rings. The standard InChI is InChI=1S/C16H18FNO/c1-10-4-6-13(7-5-10)19-16-8-11(2)15(17)9-14(16)12(3)18/h4-9,12H,18H2,1-3H3/t12-/m0/s1. The Morgan fingerprint density at radius 2 is 1.74 bits per heavy atom. The first-order valence-electron chi connectivity index (χ1n) is 6.27. The fourth-order valence-corrected chi connectivity index (χ4v) is 1.85. The van der Waals surface area contributed by atoms with Gasteiger partial charge in [-0.1, -0.05) is 17.7 Å². The highest BCUT2D eigenvalue weighted by Crippen LogP contribution is 2.31. The van der Waals surface area contributed by atoms with Crippen LogP contribution in [0.25, 0.3) is 0 Å². The van der Waals surface area contributed by atoms with E-state index in [4.69, 9.17) is 10.5 Å². The summed E-state index contributed by atoms with van der Waals surface area (Å²) in [7, 11) is 0. The van der Waals surface area contributed by atoms with Crippen molar-refractivity contribution in [1.82, 2.24) is 0 Å². The maximum absolute atomic E-state index is 13.6. The molecule has 0 aliphatic carbocycles. The number of hydrogen-bond donors (Lipinski definition) is 1. The molecular formula is C16H18FNO. The van der Waals surface area contributed by atoms with Crippen molar-refractivity contribution in [2.75, 3.05) is 0 Å². The summed E-state index contributed by atoms with van der Waals surface area (Å²) in [5.74, 6) is 1.07. The molecule has 0 saturated heterocycles. The molecule has 0 aliphatic heterocycles. The van der Waals surface area contributed by atoms with Gasteiger partial charge >= 0.3 is 0 Å². The molecule has 19 heavy (non-hydrogen) atoms. The van der Waals surface area contributed by atoms with Gasteiger partial charge in [0.2, 0.25) is 0 Å². The van der Waals surface area contributed by atoms with Crippen molar-refractivity contribution in [2.24, 2.45) is 5.73 Å². The smallest absolute Gasteiger partial charge is 0.132 e. The largest absolute Gasteiger partial charge is 0.457 e. The van der Waals surface area contributed by atoms with Crippen molar-refractivity contribution < 1.29 is 9.13 Å². The van der Waals surface area contributed by atoms with Crippen LogP contribution in [-0.4, -0.2) is 0 Å². The van der Waals surface area contributed by atoms with Gasteiger partial charge in [0.05, 0.1) is 0 Å². The minimum atomic E-state index is -0.282. The normalized spacial score (nSPS) is 12.3. The van der Waals surface area contributed by atoms with E-state index in [9.17, 15) is 4.39 Å². The molecule has 2 aromatic rings. The zero-order valence-electron chi connectivity index (χ0n) is 11.4. The summed E-state index contributed by atoms with van der Waals surface area (Å²) in [6, 6.07) is 10.6. The molecule has 0 amide bonds. The predicted molar refractivity (Wildman–Crippen MR) is 75.0 cm³/mol. The third-order valence-electron chi connectivity index (χ3n) is 3.03. The van der Waals surface area contributed by atoms with Crippen LogP contribution in [0.3, 0.4) is 0 Å². The SMILES string of the molecule is Cc1ccc(Oc2cc(C)c(F)cc2[C@H](C)N)cc1. The van der Waals surface area contributed by atoms with Gasteiger partial charge in [-0.15, -0.1) is 0 Å². The fourth-order valence-electron chi connectivity index (χ4n) is 1.85. The first-order valence-corrected chi connectivity index (χ1v) is 6.27. The molecule has 100 valence electrons. The van der Waals surface area contributed by atoms with E-state index in [0.29, 0.717) is 16.9 Å². The Balaban J connectivity index is 2.38. The van der Waals surface area contributed by atoms with Crippen LogP contribution in [-0.2, 0) is 0 Å². The van der Waals surface area contributed by atoms with Crippen LogP contribution in [0.5, 0.6) is 11.5 Å². The maximum atomic E-state index is 13.6. The lowest BCUT2D eigenvalue weighted by atomic mass is 10.0. The molecule has 0 saturated carbocycles. The second-order valence-corrected chi connectivity index (χ2v) is 4.84. The van der Waals surface area contributed by atoms with E-state index in [1.54, 1.807) is 13.0 Å². The van der Waals surface area contributed by atoms with E-state index in [1.807, 2.05) is 38.1 Å². The zero-order chi connectivity index (χ0) is 14.0. The molecule has 1 atom stereocenters. The third-order valence-corrected chi connectivity index (χ3v) is 3.03. The molecule has 0 unspecified atom stereocenters. The summed E-state index contributed by atoms with van der Waals surface area (Å²) < 4.78 is 19.4. The van der Waals surface area contributed by atoms with Crippen LogP contribution in [0.15, 0.2) is 36.4 Å². The number of rotatable bonds is 3. The minimum absolute atomic E-state index is 0.261. The Bertz CT molecular complexity index is 576. The van der Waals surface area contributed by atoms with Gasteiger partial charge in [0.1, 0.15) is 17.3 Å². The lowest BCUT2D eigenvalue weighted by molar-refractivity contribution is 0.468. The first-order chi connectivity index (χ1) is 8.97. The number of benzene rings is 2. The van der Waals surface area contributed by atoms with Crippen molar-refractivity contribution in [2.45, 2.75) is 26.8 Å². The predicted octanol–water partition coefficient (Wildman–Crippen LogP) is 4.25. The van der Waals surface area contributed by atoms with Gasteiger partial charge in [-0.05, 0) is 50.6 Å². The number of halogens is 1. The van der Waals surface area contributed by atoms with Gasteiger partial charge in [-0.25, -0.2) is 4.39 Å². The quantitative estimate of drug-likeness (QED) is 0.894. The minimum Gasteiger partial charge on any atom is -0.457 e. The summed E-state index contributed by atoms with van der Waals surface area (Å²) in [5, 5.41) is 0. The van der Waals surface area contributed by atoms with Crippen LogP contribution in [0.2, 0.25) is 0 Å². The Labute approximate surface area is 113 Å². The maximum Gasteiger partial charge on any atom is 0.132 e. The first kappa shape index (κ1) is 13.6. The average Bonchev–Trinajstić information content (AvgIpc) is 2.36. The summed E-state index contributed by atoms with van der Waals surface area (Å²) in [4.78, 5) is 0. The van der Waals surface area contributed by atoms with Crippen LogP contribution < -0.4 is 10.5 Å². The molecule has 0 radical (unpaired) electrons. The van der Waals surface area contributed by atoms with Crippen LogP contribution >= 0.6 is 0 Å². The topological polar surface area (TPSA) is 35.2 Å². The molecule has 0 spiro atoms. The molecule has 0 aliphatic rings. The van der Waals surface area contributed by atoms with Crippen molar-refractivity contribution in [3.05, 3.63) is 58.9 Å². The highest BCUT2D eigenvalue weighted by atomic mass is 19.1. The van der Waals surface area contributed by atoms with Crippen molar-refractivity contribution >= 4 is 0 Å². The van der Waals surface area contributed by atoms with Gasteiger partial charge in [0.25, 0.3) is 0 Å². The summed E-state index contributed by atoms with van der Waals surface area (Å²) in [6.07, 6.45) is 0. The van der Waals surface area contributed by atoms with Gasteiger partial charge in [-0.3, -0.25) is 0 Å². The van der Waals surface area contributed by atoms with E-state index in [0.717, 1.165) is 11.3 Å². The molecule has 0 heterocycles.